The number of methoxy groups -OCH3 is 2. The van der Waals surface area contributed by atoms with Crippen molar-refractivity contribution in [2.75, 3.05) is 26.1 Å². The third-order valence-corrected chi connectivity index (χ3v) is 4.78. The van der Waals surface area contributed by atoms with Gasteiger partial charge in [0.1, 0.15) is 0 Å². The number of ether oxygens (including phenoxy) is 2. The van der Waals surface area contributed by atoms with Crippen LogP contribution in [-0.2, 0) is 4.79 Å². The maximum atomic E-state index is 12.1. The van der Waals surface area contributed by atoms with E-state index in [9.17, 15) is 4.79 Å². The molecule has 0 radical (unpaired) electrons. The highest BCUT2D eigenvalue weighted by atomic mass is 35.5. The Bertz CT molecular complexity index is 717. The van der Waals surface area contributed by atoms with Gasteiger partial charge in [0.25, 0.3) is 0 Å². The van der Waals surface area contributed by atoms with Gasteiger partial charge in [-0.25, -0.2) is 4.98 Å². The average Bonchev–Trinajstić information content (AvgIpc) is 3.26. The fourth-order valence-electron chi connectivity index (χ4n) is 2.78. The molecule has 1 aliphatic heterocycles. The van der Waals surface area contributed by atoms with Crippen LogP contribution in [0.5, 0.6) is 11.5 Å². The Kier molecular flexibility index (Phi) is 7.04. The molecule has 2 heterocycles. The van der Waals surface area contributed by atoms with Crippen LogP contribution in [0.3, 0.4) is 0 Å². The van der Waals surface area contributed by atoms with Crippen LogP contribution in [0.4, 0.5) is 5.13 Å². The number of anilines is 1. The molecule has 136 valence electrons. The summed E-state index contributed by atoms with van der Waals surface area (Å²) in [5, 5.41) is 8.74. The second-order valence-corrected chi connectivity index (χ2v) is 6.51. The molecule has 2 aromatic rings. The number of carbonyl (C=O) groups is 1. The molecule has 1 aliphatic rings. The van der Waals surface area contributed by atoms with Crippen molar-refractivity contribution in [1.82, 2.24) is 10.3 Å². The normalized spacial score (nSPS) is 16.2. The summed E-state index contributed by atoms with van der Waals surface area (Å²) in [6, 6.07) is 5.93. The molecule has 0 spiro atoms. The van der Waals surface area contributed by atoms with Gasteiger partial charge in [0, 0.05) is 23.4 Å². The summed E-state index contributed by atoms with van der Waals surface area (Å²) >= 11 is 1.42. The van der Waals surface area contributed by atoms with Crippen molar-refractivity contribution >= 4 is 34.8 Å². The van der Waals surface area contributed by atoms with Crippen molar-refractivity contribution in [2.45, 2.75) is 25.3 Å². The summed E-state index contributed by atoms with van der Waals surface area (Å²) in [5.41, 5.74) is 1.72. The van der Waals surface area contributed by atoms with Crippen LogP contribution in [0.15, 0.2) is 23.6 Å². The molecule has 1 aromatic carbocycles. The minimum Gasteiger partial charge on any atom is -0.493 e. The number of nitrogens with one attached hydrogen (secondary N) is 2. The van der Waals surface area contributed by atoms with E-state index < -0.39 is 0 Å². The molecule has 0 aliphatic carbocycles. The Balaban J connectivity index is 0.00000225. The first-order valence-electron chi connectivity index (χ1n) is 7.90. The van der Waals surface area contributed by atoms with E-state index in [2.05, 4.69) is 15.6 Å². The van der Waals surface area contributed by atoms with E-state index in [4.69, 9.17) is 9.47 Å². The molecular weight excluding hydrogens is 362 g/mol. The number of benzene rings is 1. The van der Waals surface area contributed by atoms with E-state index in [-0.39, 0.29) is 24.4 Å². The van der Waals surface area contributed by atoms with E-state index >= 15 is 0 Å². The second kappa shape index (κ2) is 9.03. The maximum Gasteiger partial charge on any atom is 0.227 e. The number of carbonyl (C=O) groups excluding carboxylic acids is 1. The largest absolute Gasteiger partial charge is 0.493 e. The number of thiazole rings is 1. The second-order valence-electron chi connectivity index (χ2n) is 5.65. The Hall–Kier alpha value is -1.83. The maximum absolute atomic E-state index is 12.1. The molecule has 2 N–H and O–H groups in total. The molecule has 8 heteroatoms. The number of aromatic nitrogens is 1. The molecule has 1 aromatic heterocycles. The molecule has 1 amide bonds. The van der Waals surface area contributed by atoms with Gasteiger partial charge >= 0.3 is 0 Å². The zero-order valence-corrected chi connectivity index (χ0v) is 15.8. The van der Waals surface area contributed by atoms with Crippen LogP contribution >= 0.6 is 23.7 Å². The van der Waals surface area contributed by atoms with Crippen molar-refractivity contribution in [1.29, 1.82) is 0 Å². The molecule has 0 bridgehead atoms. The number of amides is 1. The van der Waals surface area contributed by atoms with E-state index in [0.29, 0.717) is 23.1 Å². The standard InChI is InChI=1S/C17H21N3O3S.ClH/c1-22-14-6-5-11(8-15(14)23-2)13-10-24-17(19-13)20-16(21)9-12-4-3-7-18-12;/h5-6,8,10,12,18H,3-4,7,9H2,1-2H3,(H,19,20,21);1H. The van der Waals surface area contributed by atoms with E-state index in [1.807, 2.05) is 23.6 Å². The summed E-state index contributed by atoms with van der Waals surface area (Å²) in [6.45, 7) is 0.999. The number of hydrogen-bond donors (Lipinski definition) is 2. The van der Waals surface area contributed by atoms with Crippen LogP contribution in [0, 0.1) is 0 Å². The first-order valence-corrected chi connectivity index (χ1v) is 8.78. The average molecular weight is 384 g/mol. The van der Waals surface area contributed by atoms with Gasteiger partial charge in [0.05, 0.1) is 19.9 Å². The fraction of sp³-hybridized carbons (Fsp3) is 0.412. The van der Waals surface area contributed by atoms with Gasteiger partial charge in [-0.15, -0.1) is 23.7 Å². The van der Waals surface area contributed by atoms with Gasteiger partial charge < -0.3 is 20.1 Å². The third-order valence-electron chi connectivity index (χ3n) is 4.02. The van der Waals surface area contributed by atoms with Gasteiger partial charge in [-0.1, -0.05) is 0 Å². The lowest BCUT2D eigenvalue weighted by atomic mass is 10.1. The van der Waals surface area contributed by atoms with Crippen molar-refractivity contribution in [3.63, 3.8) is 0 Å². The molecule has 3 rings (SSSR count). The Morgan fingerprint density at radius 2 is 2.16 bits per heavy atom. The molecule has 1 saturated heterocycles. The van der Waals surface area contributed by atoms with Gasteiger partial charge in [-0.3, -0.25) is 4.79 Å². The molecule has 25 heavy (non-hydrogen) atoms. The summed E-state index contributed by atoms with van der Waals surface area (Å²) in [5.74, 6) is 1.33. The van der Waals surface area contributed by atoms with Gasteiger partial charge in [-0.2, -0.15) is 0 Å². The smallest absolute Gasteiger partial charge is 0.227 e. The van der Waals surface area contributed by atoms with E-state index in [1.54, 1.807) is 14.2 Å². The van der Waals surface area contributed by atoms with Crippen LogP contribution in [0.25, 0.3) is 11.3 Å². The monoisotopic (exact) mass is 383 g/mol. The lowest BCUT2D eigenvalue weighted by Crippen LogP contribution is -2.27. The molecule has 1 unspecified atom stereocenters. The topological polar surface area (TPSA) is 72.5 Å². The lowest BCUT2D eigenvalue weighted by molar-refractivity contribution is -0.116. The van der Waals surface area contributed by atoms with Gasteiger partial charge in [-0.05, 0) is 37.6 Å². The van der Waals surface area contributed by atoms with Crippen LogP contribution < -0.4 is 20.1 Å². The van der Waals surface area contributed by atoms with Crippen molar-refractivity contribution in [3.8, 4) is 22.8 Å². The molecule has 1 fully saturated rings. The third kappa shape index (κ3) is 4.84. The van der Waals surface area contributed by atoms with Gasteiger partial charge in [0.15, 0.2) is 16.6 Å². The summed E-state index contributed by atoms with van der Waals surface area (Å²) in [7, 11) is 3.21. The summed E-state index contributed by atoms with van der Waals surface area (Å²) < 4.78 is 10.6. The van der Waals surface area contributed by atoms with Crippen LogP contribution in [-0.4, -0.2) is 37.7 Å². The quantitative estimate of drug-likeness (QED) is 0.800. The highest BCUT2D eigenvalue weighted by molar-refractivity contribution is 7.14. The molecule has 0 saturated carbocycles. The van der Waals surface area contributed by atoms with Crippen molar-refractivity contribution in [3.05, 3.63) is 23.6 Å². The van der Waals surface area contributed by atoms with E-state index in [1.165, 1.54) is 11.3 Å². The zero-order valence-electron chi connectivity index (χ0n) is 14.2. The van der Waals surface area contributed by atoms with Crippen molar-refractivity contribution in [2.24, 2.45) is 0 Å². The SMILES string of the molecule is COc1ccc(-c2csc(NC(=O)CC3CCCN3)n2)cc1OC.Cl. The number of hydrogen-bond acceptors (Lipinski definition) is 6. The molecule has 6 nitrogen and oxygen atoms in total. The Morgan fingerprint density at radius 1 is 1.36 bits per heavy atom. The molecule has 1 atom stereocenters. The van der Waals surface area contributed by atoms with Gasteiger partial charge in [0.2, 0.25) is 5.91 Å². The van der Waals surface area contributed by atoms with Crippen LogP contribution in [0.1, 0.15) is 19.3 Å². The first-order chi connectivity index (χ1) is 11.7. The first kappa shape index (κ1) is 19.5. The lowest BCUT2D eigenvalue weighted by Gasteiger charge is -2.09. The van der Waals surface area contributed by atoms with E-state index in [0.717, 1.165) is 30.6 Å². The zero-order chi connectivity index (χ0) is 16.9. The number of rotatable bonds is 6. The highest BCUT2D eigenvalue weighted by Crippen LogP contribution is 2.33. The predicted molar refractivity (Wildman–Crippen MR) is 102 cm³/mol. The minimum atomic E-state index is 0. The highest BCUT2D eigenvalue weighted by Gasteiger charge is 2.18. The van der Waals surface area contributed by atoms with Crippen LogP contribution in [0.2, 0.25) is 0 Å². The minimum absolute atomic E-state index is 0. The Morgan fingerprint density at radius 3 is 2.84 bits per heavy atom. The Labute approximate surface area is 157 Å². The number of nitrogens with zero attached hydrogens (tertiary/aromatic N) is 1. The summed E-state index contributed by atoms with van der Waals surface area (Å²) in [4.78, 5) is 16.6. The molecular formula is C17H22ClN3O3S. The number of halogens is 1. The predicted octanol–water partition coefficient (Wildman–Crippen LogP) is 3.33. The van der Waals surface area contributed by atoms with Crippen molar-refractivity contribution < 1.29 is 14.3 Å². The summed E-state index contributed by atoms with van der Waals surface area (Å²) in [6.07, 6.45) is 2.69. The fourth-order valence-corrected chi connectivity index (χ4v) is 3.52.